The molecule has 1 saturated carbocycles. The monoisotopic (exact) mass is 288 g/mol. The molecule has 4 heteroatoms. The van der Waals surface area contributed by atoms with Crippen molar-refractivity contribution >= 4 is 5.91 Å². The fraction of sp³-hybridized carbons (Fsp3) is 0.588. The molecule has 1 amide bonds. The van der Waals surface area contributed by atoms with Gasteiger partial charge in [-0.2, -0.15) is 0 Å². The van der Waals surface area contributed by atoms with E-state index in [1.165, 1.54) is 6.42 Å². The third-order valence-electron chi connectivity index (χ3n) is 4.80. The molecule has 1 saturated heterocycles. The van der Waals surface area contributed by atoms with Crippen molar-refractivity contribution in [3.05, 3.63) is 29.8 Å². The summed E-state index contributed by atoms with van der Waals surface area (Å²) in [6, 6.07) is 8.19. The molecule has 1 aliphatic carbocycles. The molecule has 0 aromatic heterocycles. The van der Waals surface area contributed by atoms with Crippen LogP contribution in [0, 0.1) is 5.92 Å². The van der Waals surface area contributed by atoms with E-state index >= 15 is 0 Å². The number of hydrogen-bond donors (Lipinski definition) is 1. The molecule has 1 aromatic rings. The SMILES string of the molecule is COc1ccccc1C1NC(C)C(=O)N1C1CCC(C)C1. The number of nitrogens with one attached hydrogen (secondary N) is 1. The predicted molar refractivity (Wildman–Crippen MR) is 82.0 cm³/mol. The zero-order chi connectivity index (χ0) is 15.0. The highest BCUT2D eigenvalue weighted by molar-refractivity contribution is 5.84. The van der Waals surface area contributed by atoms with Crippen molar-refractivity contribution in [2.24, 2.45) is 5.92 Å². The van der Waals surface area contributed by atoms with Gasteiger partial charge in [0, 0.05) is 11.6 Å². The molecule has 0 bridgehead atoms. The van der Waals surface area contributed by atoms with Crippen molar-refractivity contribution in [2.75, 3.05) is 7.11 Å². The van der Waals surface area contributed by atoms with Crippen LogP contribution in [-0.2, 0) is 4.79 Å². The topological polar surface area (TPSA) is 41.6 Å². The van der Waals surface area contributed by atoms with Crippen molar-refractivity contribution in [3.63, 3.8) is 0 Å². The van der Waals surface area contributed by atoms with E-state index < -0.39 is 0 Å². The molecule has 0 radical (unpaired) electrons. The van der Waals surface area contributed by atoms with Crippen LogP contribution >= 0.6 is 0 Å². The first-order valence-electron chi connectivity index (χ1n) is 7.83. The number of amides is 1. The van der Waals surface area contributed by atoms with Gasteiger partial charge >= 0.3 is 0 Å². The fourth-order valence-electron chi connectivity index (χ4n) is 3.69. The number of para-hydroxylation sites is 1. The van der Waals surface area contributed by atoms with Crippen molar-refractivity contribution in [1.82, 2.24) is 10.2 Å². The zero-order valence-electron chi connectivity index (χ0n) is 13.0. The lowest BCUT2D eigenvalue weighted by atomic mass is 10.1. The van der Waals surface area contributed by atoms with Gasteiger partial charge in [-0.25, -0.2) is 0 Å². The van der Waals surface area contributed by atoms with Gasteiger partial charge in [-0.05, 0) is 38.2 Å². The Kier molecular flexibility index (Phi) is 3.89. The maximum atomic E-state index is 12.6. The highest BCUT2D eigenvalue weighted by atomic mass is 16.5. The van der Waals surface area contributed by atoms with Gasteiger partial charge in [-0.3, -0.25) is 10.1 Å². The van der Waals surface area contributed by atoms with E-state index in [9.17, 15) is 4.79 Å². The van der Waals surface area contributed by atoms with Gasteiger partial charge in [0.1, 0.15) is 11.9 Å². The minimum atomic E-state index is -0.129. The van der Waals surface area contributed by atoms with Gasteiger partial charge in [0.2, 0.25) is 5.91 Å². The van der Waals surface area contributed by atoms with Gasteiger partial charge in [-0.15, -0.1) is 0 Å². The summed E-state index contributed by atoms with van der Waals surface area (Å²) in [5, 5.41) is 3.43. The molecule has 2 aliphatic rings. The molecule has 4 unspecified atom stereocenters. The lowest BCUT2D eigenvalue weighted by Gasteiger charge is -2.31. The van der Waals surface area contributed by atoms with Crippen LogP contribution in [-0.4, -0.2) is 30.0 Å². The van der Waals surface area contributed by atoms with Crippen LogP contribution in [0.2, 0.25) is 0 Å². The van der Waals surface area contributed by atoms with Crippen molar-refractivity contribution in [2.45, 2.75) is 51.4 Å². The van der Waals surface area contributed by atoms with Crippen LogP contribution in [0.5, 0.6) is 5.75 Å². The predicted octanol–water partition coefficient (Wildman–Crippen LogP) is 2.70. The number of benzene rings is 1. The number of carbonyl (C=O) groups excluding carboxylic acids is 1. The highest BCUT2D eigenvalue weighted by Gasteiger charge is 2.43. The maximum absolute atomic E-state index is 12.6. The Morgan fingerprint density at radius 2 is 2.00 bits per heavy atom. The molecule has 2 fully saturated rings. The molecule has 114 valence electrons. The summed E-state index contributed by atoms with van der Waals surface area (Å²) in [4.78, 5) is 14.7. The molecule has 1 aromatic carbocycles. The van der Waals surface area contributed by atoms with Gasteiger partial charge in [0.15, 0.2) is 0 Å². The summed E-state index contributed by atoms with van der Waals surface area (Å²) in [6.07, 6.45) is 3.35. The lowest BCUT2D eigenvalue weighted by Crippen LogP contribution is -2.38. The smallest absolute Gasteiger partial charge is 0.241 e. The quantitative estimate of drug-likeness (QED) is 0.930. The number of nitrogens with zero attached hydrogens (tertiary/aromatic N) is 1. The van der Waals surface area contributed by atoms with Gasteiger partial charge < -0.3 is 9.64 Å². The Hall–Kier alpha value is -1.55. The summed E-state index contributed by atoms with van der Waals surface area (Å²) in [7, 11) is 1.68. The van der Waals surface area contributed by atoms with E-state index in [0.29, 0.717) is 12.0 Å². The van der Waals surface area contributed by atoms with Crippen LogP contribution in [0.25, 0.3) is 0 Å². The number of hydrogen-bond acceptors (Lipinski definition) is 3. The zero-order valence-corrected chi connectivity index (χ0v) is 13.0. The first-order valence-corrected chi connectivity index (χ1v) is 7.83. The summed E-state index contributed by atoms with van der Waals surface area (Å²) < 4.78 is 5.48. The first kappa shape index (κ1) is 14.4. The number of carbonyl (C=O) groups is 1. The largest absolute Gasteiger partial charge is 0.496 e. The molecule has 4 atom stereocenters. The van der Waals surface area contributed by atoms with Gasteiger partial charge in [0.05, 0.1) is 13.2 Å². The van der Waals surface area contributed by atoms with E-state index in [4.69, 9.17) is 4.74 Å². The Bertz CT molecular complexity index is 531. The molecular weight excluding hydrogens is 264 g/mol. The average Bonchev–Trinajstić information content (AvgIpc) is 3.03. The van der Waals surface area contributed by atoms with Gasteiger partial charge in [0.25, 0.3) is 0 Å². The molecule has 21 heavy (non-hydrogen) atoms. The number of methoxy groups -OCH3 is 1. The second-order valence-corrected chi connectivity index (χ2v) is 6.35. The standard InChI is InChI=1S/C17H24N2O2/c1-11-8-9-13(10-11)19-16(18-12(2)17(19)20)14-6-4-5-7-15(14)21-3/h4-7,11-13,16,18H,8-10H2,1-3H3. The van der Waals surface area contributed by atoms with Crippen LogP contribution in [0.4, 0.5) is 0 Å². The van der Waals surface area contributed by atoms with Crippen molar-refractivity contribution in [3.8, 4) is 5.75 Å². The van der Waals surface area contributed by atoms with E-state index in [1.807, 2.05) is 31.2 Å². The van der Waals surface area contributed by atoms with E-state index in [2.05, 4.69) is 17.1 Å². The molecule has 1 heterocycles. The summed E-state index contributed by atoms with van der Waals surface area (Å²) in [5.41, 5.74) is 1.05. The second-order valence-electron chi connectivity index (χ2n) is 6.35. The lowest BCUT2D eigenvalue weighted by molar-refractivity contribution is -0.132. The minimum Gasteiger partial charge on any atom is -0.496 e. The average molecular weight is 288 g/mol. The fourth-order valence-corrected chi connectivity index (χ4v) is 3.69. The van der Waals surface area contributed by atoms with Crippen molar-refractivity contribution in [1.29, 1.82) is 0 Å². The van der Waals surface area contributed by atoms with Crippen LogP contribution in [0.3, 0.4) is 0 Å². The highest BCUT2D eigenvalue weighted by Crippen LogP contribution is 2.38. The second kappa shape index (κ2) is 5.68. The Balaban J connectivity index is 1.93. The Morgan fingerprint density at radius 1 is 1.24 bits per heavy atom. The normalized spacial score (nSPS) is 32.7. The van der Waals surface area contributed by atoms with Crippen molar-refractivity contribution < 1.29 is 9.53 Å². The van der Waals surface area contributed by atoms with E-state index in [0.717, 1.165) is 24.2 Å². The Labute approximate surface area is 126 Å². The van der Waals surface area contributed by atoms with Gasteiger partial charge in [-0.1, -0.05) is 25.1 Å². The first-order chi connectivity index (χ1) is 10.1. The number of rotatable bonds is 3. The summed E-state index contributed by atoms with van der Waals surface area (Å²) >= 11 is 0. The molecule has 1 aliphatic heterocycles. The molecule has 0 spiro atoms. The molecule has 4 nitrogen and oxygen atoms in total. The number of ether oxygens (including phenoxy) is 1. The van der Waals surface area contributed by atoms with E-state index in [-0.39, 0.29) is 18.1 Å². The summed E-state index contributed by atoms with van der Waals surface area (Å²) in [5.74, 6) is 1.76. The van der Waals surface area contributed by atoms with Crippen LogP contribution < -0.4 is 10.1 Å². The van der Waals surface area contributed by atoms with Crippen LogP contribution in [0.15, 0.2) is 24.3 Å². The Morgan fingerprint density at radius 3 is 2.67 bits per heavy atom. The van der Waals surface area contributed by atoms with E-state index in [1.54, 1.807) is 7.11 Å². The van der Waals surface area contributed by atoms with Crippen LogP contribution in [0.1, 0.15) is 44.8 Å². The minimum absolute atomic E-state index is 0.0704. The summed E-state index contributed by atoms with van der Waals surface area (Å²) in [6.45, 7) is 4.22. The third-order valence-corrected chi connectivity index (χ3v) is 4.80. The molecule has 3 rings (SSSR count). The maximum Gasteiger partial charge on any atom is 0.241 e. The molecular formula is C17H24N2O2. The third kappa shape index (κ3) is 2.53. The molecule has 1 N–H and O–H groups in total.